The van der Waals surface area contributed by atoms with Gasteiger partial charge in [0.25, 0.3) is 5.91 Å². The van der Waals surface area contributed by atoms with Crippen LogP contribution in [0.15, 0.2) is 29.6 Å². The summed E-state index contributed by atoms with van der Waals surface area (Å²) in [6.45, 7) is 4.48. The summed E-state index contributed by atoms with van der Waals surface area (Å²) < 4.78 is 16.3. The van der Waals surface area contributed by atoms with E-state index in [0.29, 0.717) is 29.2 Å². The van der Waals surface area contributed by atoms with Crippen molar-refractivity contribution < 1.29 is 23.8 Å². The molecule has 0 aliphatic carbocycles. The summed E-state index contributed by atoms with van der Waals surface area (Å²) in [5.41, 5.74) is 1.12. The van der Waals surface area contributed by atoms with Crippen LogP contribution >= 0.6 is 11.3 Å². The van der Waals surface area contributed by atoms with E-state index in [-0.39, 0.29) is 11.8 Å². The van der Waals surface area contributed by atoms with Crippen LogP contribution in [0.2, 0.25) is 0 Å². The van der Waals surface area contributed by atoms with Crippen LogP contribution in [0.1, 0.15) is 32.8 Å². The quantitative estimate of drug-likeness (QED) is 0.683. The van der Waals surface area contributed by atoms with Crippen molar-refractivity contribution in [2.24, 2.45) is 0 Å². The summed E-state index contributed by atoms with van der Waals surface area (Å²) in [6.07, 6.45) is 0. The Hall–Kier alpha value is -2.62. The lowest BCUT2D eigenvalue weighted by molar-refractivity contribution is -0.124. The first-order valence-electron chi connectivity index (χ1n) is 10.7. The number of carbonyl (C=O) groups is 2. The molecule has 1 saturated heterocycles. The van der Waals surface area contributed by atoms with Gasteiger partial charge in [-0.15, -0.1) is 11.3 Å². The molecule has 32 heavy (non-hydrogen) atoms. The number of thiophene rings is 1. The number of benzene rings is 1. The fourth-order valence-electron chi connectivity index (χ4n) is 4.42. The molecule has 3 heterocycles. The Kier molecular flexibility index (Phi) is 6.98. The second-order valence-corrected chi connectivity index (χ2v) is 8.87. The van der Waals surface area contributed by atoms with E-state index in [4.69, 9.17) is 14.2 Å². The molecule has 1 fully saturated rings. The Bertz CT molecular complexity index is 959. The van der Waals surface area contributed by atoms with Gasteiger partial charge in [0.05, 0.1) is 39.4 Å². The second kappa shape index (κ2) is 9.89. The summed E-state index contributed by atoms with van der Waals surface area (Å²) in [5, 5.41) is 5.07. The molecule has 1 aromatic carbocycles. The maximum absolute atomic E-state index is 13.6. The van der Waals surface area contributed by atoms with Crippen molar-refractivity contribution in [3.8, 4) is 11.5 Å². The average molecular weight is 460 g/mol. The Morgan fingerprint density at radius 2 is 1.94 bits per heavy atom. The van der Waals surface area contributed by atoms with Crippen molar-refractivity contribution in [2.75, 3.05) is 60.7 Å². The van der Waals surface area contributed by atoms with Crippen LogP contribution in [0.4, 0.5) is 0 Å². The molecule has 2 aliphatic rings. The first-order chi connectivity index (χ1) is 15.5. The lowest BCUT2D eigenvalue weighted by Crippen LogP contribution is -2.47. The maximum atomic E-state index is 13.6. The summed E-state index contributed by atoms with van der Waals surface area (Å²) >= 11 is 1.54. The predicted molar refractivity (Wildman–Crippen MR) is 122 cm³/mol. The number of nitrogens with zero attached hydrogens (tertiary/aromatic N) is 2. The van der Waals surface area contributed by atoms with Gasteiger partial charge < -0.3 is 24.4 Å². The van der Waals surface area contributed by atoms with E-state index in [0.717, 1.165) is 37.7 Å². The lowest BCUT2D eigenvalue weighted by Gasteiger charge is -2.39. The number of morpholine rings is 1. The van der Waals surface area contributed by atoms with Gasteiger partial charge in [0, 0.05) is 43.7 Å². The molecule has 1 N–H and O–H groups in total. The lowest BCUT2D eigenvalue weighted by atomic mass is 9.81. The zero-order chi connectivity index (χ0) is 22.7. The third-order valence-electron chi connectivity index (χ3n) is 6.12. The Morgan fingerprint density at radius 1 is 1.22 bits per heavy atom. The van der Waals surface area contributed by atoms with Crippen molar-refractivity contribution in [1.82, 2.24) is 15.1 Å². The Morgan fingerprint density at radius 3 is 2.59 bits per heavy atom. The molecule has 0 unspecified atom stereocenters. The predicted octanol–water partition coefficient (Wildman–Crippen LogP) is 2.12. The number of nitrogens with one attached hydrogen (secondary N) is 1. The van der Waals surface area contributed by atoms with E-state index in [9.17, 15) is 9.59 Å². The number of likely N-dealkylation sites (N-methyl/N-ethyl adjacent to an activating group) is 1. The van der Waals surface area contributed by atoms with E-state index >= 15 is 0 Å². The number of hydrogen-bond acceptors (Lipinski definition) is 7. The van der Waals surface area contributed by atoms with E-state index in [2.05, 4.69) is 10.2 Å². The number of rotatable bonds is 7. The molecule has 2 aliphatic heterocycles. The van der Waals surface area contributed by atoms with Crippen molar-refractivity contribution in [1.29, 1.82) is 0 Å². The summed E-state index contributed by atoms with van der Waals surface area (Å²) in [7, 11) is 4.83. The van der Waals surface area contributed by atoms with Gasteiger partial charge in [-0.3, -0.25) is 14.5 Å². The second-order valence-electron chi connectivity index (χ2n) is 7.89. The van der Waals surface area contributed by atoms with Crippen molar-refractivity contribution in [3.63, 3.8) is 0 Å². The fourth-order valence-corrected chi connectivity index (χ4v) is 5.32. The highest BCUT2D eigenvalue weighted by molar-refractivity contribution is 7.10. The normalized spacial score (nSPS) is 21.2. The molecular weight excluding hydrogens is 430 g/mol. The van der Waals surface area contributed by atoms with Crippen LogP contribution in [0.5, 0.6) is 11.5 Å². The highest BCUT2D eigenvalue weighted by Crippen LogP contribution is 2.46. The van der Waals surface area contributed by atoms with Gasteiger partial charge in [-0.1, -0.05) is 6.07 Å². The number of ether oxygens (including phenoxy) is 3. The maximum Gasteiger partial charge on any atom is 0.254 e. The Labute approximate surface area is 192 Å². The van der Waals surface area contributed by atoms with Crippen LogP contribution in [0, 0.1) is 0 Å². The molecule has 2 atom stereocenters. The average Bonchev–Trinajstić information content (AvgIpc) is 3.35. The van der Waals surface area contributed by atoms with E-state index in [1.54, 1.807) is 42.5 Å². The van der Waals surface area contributed by atoms with Gasteiger partial charge in [-0.25, -0.2) is 0 Å². The molecule has 2 aromatic rings. The van der Waals surface area contributed by atoms with Gasteiger partial charge in [-0.05, 0) is 29.1 Å². The molecule has 0 radical (unpaired) electrons. The monoisotopic (exact) mass is 459 g/mol. The van der Waals surface area contributed by atoms with E-state index in [1.165, 1.54) is 7.11 Å². The number of hydrogen-bond donors (Lipinski definition) is 1. The van der Waals surface area contributed by atoms with Gasteiger partial charge in [0.1, 0.15) is 0 Å². The number of fused-ring (bicyclic) bond motifs is 1. The molecule has 172 valence electrons. The third-order valence-corrected chi connectivity index (χ3v) is 7.07. The molecule has 4 rings (SSSR count). The van der Waals surface area contributed by atoms with Gasteiger partial charge in [0.15, 0.2) is 11.5 Å². The van der Waals surface area contributed by atoms with Crippen LogP contribution in [0.25, 0.3) is 0 Å². The number of amides is 2. The highest BCUT2D eigenvalue weighted by atomic mass is 32.1. The largest absolute Gasteiger partial charge is 0.493 e. The molecule has 0 saturated carbocycles. The summed E-state index contributed by atoms with van der Waals surface area (Å²) in [6, 6.07) is 6.96. The van der Waals surface area contributed by atoms with Crippen LogP contribution in [-0.4, -0.2) is 82.3 Å². The van der Waals surface area contributed by atoms with Crippen LogP contribution in [-0.2, 0) is 9.53 Å². The van der Waals surface area contributed by atoms with E-state index in [1.807, 2.05) is 17.5 Å². The topological polar surface area (TPSA) is 80.3 Å². The zero-order valence-corrected chi connectivity index (χ0v) is 19.4. The van der Waals surface area contributed by atoms with Crippen LogP contribution in [0.3, 0.4) is 0 Å². The Balaban J connectivity index is 1.66. The molecule has 1 aromatic heterocycles. The molecule has 0 spiro atoms. The molecule has 0 bridgehead atoms. The molecular formula is C23H29N3O5S. The van der Waals surface area contributed by atoms with Gasteiger partial charge >= 0.3 is 0 Å². The van der Waals surface area contributed by atoms with Crippen molar-refractivity contribution in [2.45, 2.75) is 12.0 Å². The van der Waals surface area contributed by atoms with E-state index < -0.39 is 12.0 Å². The highest BCUT2D eigenvalue weighted by Gasteiger charge is 2.44. The summed E-state index contributed by atoms with van der Waals surface area (Å²) in [5.74, 6) is 0.158. The standard InChI is InChI=1S/C23H29N3O5S/c1-25-21(19-5-4-12-32-19)20(22(27)24-6-7-26-8-10-31-11-9-26)15-13-17(29-2)18(30-3)14-16(15)23(25)28/h4-5,12-14,20-21H,6-11H2,1-3H3,(H,24,27)/t20-,21+/m0/s1. The first kappa shape index (κ1) is 22.6. The molecule has 8 nitrogen and oxygen atoms in total. The SMILES string of the molecule is COc1cc2c(cc1OC)[C@H](C(=O)NCCN1CCOCC1)[C@@H](c1cccs1)N(C)C2=O. The smallest absolute Gasteiger partial charge is 0.254 e. The molecule has 9 heteroatoms. The van der Waals surface area contributed by atoms with Gasteiger partial charge in [0.2, 0.25) is 5.91 Å². The minimum absolute atomic E-state index is 0.107. The van der Waals surface area contributed by atoms with Crippen molar-refractivity contribution in [3.05, 3.63) is 45.6 Å². The number of carbonyl (C=O) groups excluding carboxylic acids is 2. The third kappa shape index (κ3) is 4.32. The zero-order valence-electron chi connectivity index (χ0n) is 18.6. The summed E-state index contributed by atoms with van der Waals surface area (Å²) in [4.78, 5) is 31.7. The minimum Gasteiger partial charge on any atom is -0.493 e. The van der Waals surface area contributed by atoms with Crippen LogP contribution < -0.4 is 14.8 Å². The minimum atomic E-state index is -0.559. The molecule has 2 amide bonds. The first-order valence-corrected chi connectivity index (χ1v) is 11.6. The van der Waals surface area contributed by atoms with Crippen molar-refractivity contribution >= 4 is 23.2 Å². The number of methoxy groups -OCH3 is 2. The fraction of sp³-hybridized carbons (Fsp3) is 0.478. The van der Waals surface area contributed by atoms with Gasteiger partial charge in [-0.2, -0.15) is 0 Å².